The maximum atomic E-state index is 13.4. The molecule has 138 valence electrons. The van der Waals surface area contributed by atoms with E-state index in [0.29, 0.717) is 0 Å². The summed E-state index contributed by atoms with van der Waals surface area (Å²) in [7, 11) is 0. The number of nitrogens with two attached hydrogens (primary N) is 1. The normalized spacial score (nSPS) is 17.0. The molecule has 1 aliphatic heterocycles. The molecule has 2 aromatic carbocycles. The number of anilines is 2. The van der Waals surface area contributed by atoms with Crippen molar-refractivity contribution in [1.29, 1.82) is 0 Å². The molecule has 0 bridgehead atoms. The molecule has 26 heavy (non-hydrogen) atoms. The van der Waals surface area contributed by atoms with Gasteiger partial charge in [-0.1, -0.05) is 18.2 Å². The van der Waals surface area contributed by atoms with Crippen molar-refractivity contribution in [3.05, 3.63) is 59.4 Å². The molecule has 2 aliphatic rings. The zero-order chi connectivity index (χ0) is 17.4. The zero-order valence-electron chi connectivity index (χ0n) is 14.5. The summed E-state index contributed by atoms with van der Waals surface area (Å²) in [5.74, 6) is -0.322. The van der Waals surface area contributed by atoms with Crippen LogP contribution >= 0.6 is 12.4 Å². The average molecular weight is 376 g/mol. The van der Waals surface area contributed by atoms with Crippen molar-refractivity contribution in [3.8, 4) is 0 Å². The number of carbonyl (C=O) groups excluding carboxylic acids is 1. The molecule has 0 saturated heterocycles. The standard InChI is InChI=1S/C20H22FN3O.ClH/c21-14-8-6-13(7-9-14)19(20(25)23-15-10-11-15)24-12-2-3-16-17(22)4-1-5-18(16)24;/h1,4-9,15,19H,2-3,10-12,22H2,(H,23,25);1H. The highest BCUT2D eigenvalue weighted by Crippen LogP contribution is 2.37. The summed E-state index contributed by atoms with van der Waals surface area (Å²) < 4.78 is 13.4. The van der Waals surface area contributed by atoms with Crippen molar-refractivity contribution in [2.75, 3.05) is 17.2 Å². The van der Waals surface area contributed by atoms with Crippen molar-refractivity contribution in [1.82, 2.24) is 5.32 Å². The van der Waals surface area contributed by atoms with E-state index >= 15 is 0 Å². The first kappa shape index (κ1) is 18.5. The van der Waals surface area contributed by atoms with E-state index in [4.69, 9.17) is 5.73 Å². The van der Waals surface area contributed by atoms with Crippen LogP contribution in [0.2, 0.25) is 0 Å². The molecule has 1 aliphatic carbocycles. The van der Waals surface area contributed by atoms with Crippen LogP contribution in [0.25, 0.3) is 0 Å². The molecule has 1 saturated carbocycles. The van der Waals surface area contributed by atoms with Gasteiger partial charge in [-0.3, -0.25) is 4.79 Å². The van der Waals surface area contributed by atoms with E-state index in [-0.39, 0.29) is 30.2 Å². The predicted molar refractivity (Wildman–Crippen MR) is 104 cm³/mol. The fourth-order valence-corrected chi connectivity index (χ4v) is 3.57. The van der Waals surface area contributed by atoms with Gasteiger partial charge in [0.2, 0.25) is 5.91 Å². The highest BCUT2D eigenvalue weighted by Gasteiger charge is 2.34. The highest BCUT2D eigenvalue weighted by atomic mass is 35.5. The number of carbonyl (C=O) groups is 1. The van der Waals surface area contributed by atoms with Crippen LogP contribution in [-0.2, 0) is 11.2 Å². The van der Waals surface area contributed by atoms with Crippen LogP contribution in [0.4, 0.5) is 15.8 Å². The SMILES string of the molecule is Cl.Nc1cccc2c1CCCN2C(C(=O)NC1CC1)c1ccc(F)cc1. The Labute approximate surface area is 159 Å². The van der Waals surface area contributed by atoms with Gasteiger partial charge in [-0.05, 0) is 61.1 Å². The van der Waals surface area contributed by atoms with E-state index in [0.717, 1.165) is 54.7 Å². The van der Waals surface area contributed by atoms with Gasteiger partial charge >= 0.3 is 0 Å². The molecule has 1 heterocycles. The van der Waals surface area contributed by atoms with Crippen molar-refractivity contribution in [2.24, 2.45) is 0 Å². The Hall–Kier alpha value is -2.27. The minimum atomic E-state index is -0.470. The number of fused-ring (bicyclic) bond motifs is 1. The predicted octanol–water partition coefficient (Wildman–Crippen LogP) is 3.60. The number of benzene rings is 2. The number of nitrogens with one attached hydrogen (secondary N) is 1. The number of nitrogens with zero attached hydrogens (tertiary/aromatic N) is 1. The molecule has 3 N–H and O–H groups in total. The Morgan fingerprint density at radius 1 is 1.19 bits per heavy atom. The smallest absolute Gasteiger partial charge is 0.247 e. The van der Waals surface area contributed by atoms with Crippen LogP contribution in [0.15, 0.2) is 42.5 Å². The molecule has 1 atom stereocenters. The third kappa shape index (κ3) is 3.63. The second-order valence-corrected chi connectivity index (χ2v) is 6.88. The number of halogens is 2. The molecule has 4 rings (SSSR count). The number of rotatable bonds is 4. The molecule has 2 aromatic rings. The van der Waals surface area contributed by atoms with Gasteiger partial charge in [-0.15, -0.1) is 12.4 Å². The van der Waals surface area contributed by atoms with Gasteiger partial charge in [0.1, 0.15) is 11.9 Å². The van der Waals surface area contributed by atoms with Crippen molar-refractivity contribution in [3.63, 3.8) is 0 Å². The Morgan fingerprint density at radius 2 is 1.92 bits per heavy atom. The Balaban J connectivity index is 0.00000196. The van der Waals surface area contributed by atoms with E-state index < -0.39 is 6.04 Å². The summed E-state index contributed by atoms with van der Waals surface area (Å²) >= 11 is 0. The second kappa shape index (κ2) is 7.54. The lowest BCUT2D eigenvalue weighted by Gasteiger charge is -2.38. The zero-order valence-corrected chi connectivity index (χ0v) is 15.3. The molecule has 1 amide bonds. The van der Waals surface area contributed by atoms with Gasteiger partial charge in [-0.25, -0.2) is 4.39 Å². The molecule has 6 heteroatoms. The molecule has 0 radical (unpaired) electrons. The summed E-state index contributed by atoms with van der Waals surface area (Å²) in [5, 5.41) is 3.10. The molecule has 0 aromatic heterocycles. The maximum Gasteiger partial charge on any atom is 0.247 e. The fourth-order valence-electron chi connectivity index (χ4n) is 3.57. The van der Waals surface area contributed by atoms with Gasteiger partial charge in [0.25, 0.3) is 0 Å². The molecule has 4 nitrogen and oxygen atoms in total. The summed E-state index contributed by atoms with van der Waals surface area (Å²) in [5.41, 5.74) is 9.82. The lowest BCUT2D eigenvalue weighted by molar-refractivity contribution is -0.122. The van der Waals surface area contributed by atoms with E-state index in [1.807, 2.05) is 18.2 Å². The largest absolute Gasteiger partial charge is 0.398 e. The quantitative estimate of drug-likeness (QED) is 0.803. The van der Waals surface area contributed by atoms with Crippen LogP contribution in [-0.4, -0.2) is 18.5 Å². The third-order valence-electron chi connectivity index (χ3n) is 4.99. The van der Waals surface area contributed by atoms with Crippen LogP contribution in [0.3, 0.4) is 0 Å². The van der Waals surface area contributed by atoms with Gasteiger partial charge in [0, 0.05) is 24.0 Å². The summed E-state index contributed by atoms with van der Waals surface area (Å²) in [6, 6.07) is 11.9. The number of amides is 1. The minimum Gasteiger partial charge on any atom is -0.398 e. The Kier molecular flexibility index (Phi) is 5.37. The Bertz CT molecular complexity index is 792. The summed E-state index contributed by atoms with van der Waals surface area (Å²) in [4.78, 5) is 15.1. The topological polar surface area (TPSA) is 58.4 Å². The molecular weight excluding hydrogens is 353 g/mol. The third-order valence-corrected chi connectivity index (χ3v) is 4.99. The van der Waals surface area contributed by atoms with Crippen LogP contribution < -0.4 is 16.0 Å². The Morgan fingerprint density at radius 3 is 2.62 bits per heavy atom. The monoisotopic (exact) mass is 375 g/mol. The molecule has 1 fully saturated rings. The minimum absolute atomic E-state index is 0. The number of hydrogen-bond donors (Lipinski definition) is 2. The summed E-state index contributed by atoms with van der Waals surface area (Å²) in [6.07, 6.45) is 3.92. The van der Waals surface area contributed by atoms with E-state index in [1.165, 1.54) is 12.1 Å². The van der Waals surface area contributed by atoms with Gasteiger partial charge in [-0.2, -0.15) is 0 Å². The highest BCUT2D eigenvalue weighted by molar-refractivity contribution is 5.88. The van der Waals surface area contributed by atoms with Gasteiger partial charge in [0.05, 0.1) is 0 Å². The number of nitrogen functional groups attached to an aromatic ring is 1. The van der Waals surface area contributed by atoms with Gasteiger partial charge < -0.3 is 16.0 Å². The average Bonchev–Trinajstić information content (AvgIpc) is 3.42. The maximum absolute atomic E-state index is 13.4. The van der Waals surface area contributed by atoms with Crippen molar-refractivity contribution >= 4 is 29.7 Å². The van der Waals surface area contributed by atoms with Crippen molar-refractivity contribution < 1.29 is 9.18 Å². The van der Waals surface area contributed by atoms with Crippen LogP contribution in [0.5, 0.6) is 0 Å². The van der Waals surface area contributed by atoms with E-state index in [9.17, 15) is 9.18 Å². The first-order valence-corrected chi connectivity index (χ1v) is 8.83. The first-order chi connectivity index (χ1) is 12.1. The molecule has 1 unspecified atom stereocenters. The van der Waals surface area contributed by atoms with E-state index in [1.54, 1.807) is 12.1 Å². The van der Waals surface area contributed by atoms with Crippen molar-refractivity contribution in [2.45, 2.75) is 37.8 Å². The number of hydrogen-bond acceptors (Lipinski definition) is 3. The van der Waals surface area contributed by atoms with Crippen LogP contribution in [0, 0.1) is 5.82 Å². The molecular formula is C20H23ClFN3O. The second-order valence-electron chi connectivity index (χ2n) is 6.88. The van der Waals surface area contributed by atoms with Crippen LogP contribution in [0.1, 0.15) is 36.4 Å². The lowest BCUT2D eigenvalue weighted by atomic mass is 9.95. The summed E-state index contributed by atoms with van der Waals surface area (Å²) in [6.45, 7) is 0.774. The lowest BCUT2D eigenvalue weighted by Crippen LogP contribution is -2.43. The fraction of sp³-hybridized carbons (Fsp3) is 0.350. The first-order valence-electron chi connectivity index (χ1n) is 8.83. The van der Waals surface area contributed by atoms with E-state index in [2.05, 4.69) is 10.2 Å². The van der Waals surface area contributed by atoms with Gasteiger partial charge in [0.15, 0.2) is 0 Å². The molecule has 0 spiro atoms.